The van der Waals surface area contributed by atoms with Crippen LogP contribution in [-0.2, 0) is 13.0 Å². The molecule has 1 N–H and O–H groups in total. The first-order valence-corrected chi connectivity index (χ1v) is 9.10. The van der Waals surface area contributed by atoms with E-state index in [1.54, 1.807) is 6.92 Å². The Balaban J connectivity index is 1.95. The number of para-hydroxylation sites is 1. The Morgan fingerprint density at radius 2 is 1.48 bits per heavy atom. The number of hydrogen-bond donors (Lipinski definition) is 1. The molecule has 3 aromatic rings. The van der Waals surface area contributed by atoms with Gasteiger partial charge in [0.2, 0.25) is 0 Å². The van der Waals surface area contributed by atoms with Crippen molar-refractivity contribution in [1.29, 1.82) is 0 Å². The molecule has 3 rings (SSSR count). The van der Waals surface area contributed by atoms with Crippen LogP contribution in [0.4, 0.5) is 5.69 Å². The SMILES string of the molecule is Cc1c(C)n(CCc2ccccc2)c(C)c(C(=O)Nc2ccccc2)c1=O. The third-order valence-electron chi connectivity index (χ3n) is 5.01. The standard InChI is InChI=1S/C23H24N2O2/c1-16-17(2)25(15-14-19-10-6-4-7-11-19)18(3)21(22(16)26)23(27)24-20-12-8-5-9-13-20/h4-13H,14-15H2,1-3H3,(H,24,27). The van der Waals surface area contributed by atoms with Crippen LogP contribution in [0, 0.1) is 20.8 Å². The van der Waals surface area contributed by atoms with Crippen LogP contribution in [0.5, 0.6) is 0 Å². The van der Waals surface area contributed by atoms with E-state index in [2.05, 4.69) is 22.0 Å². The lowest BCUT2D eigenvalue weighted by Crippen LogP contribution is -2.29. The number of amides is 1. The quantitative estimate of drug-likeness (QED) is 0.739. The van der Waals surface area contributed by atoms with E-state index in [-0.39, 0.29) is 16.9 Å². The lowest BCUT2D eigenvalue weighted by Gasteiger charge is -2.20. The van der Waals surface area contributed by atoms with E-state index in [1.807, 2.05) is 62.4 Å². The summed E-state index contributed by atoms with van der Waals surface area (Å²) in [5.41, 5.74) is 4.15. The number of rotatable bonds is 5. The highest BCUT2D eigenvalue weighted by Crippen LogP contribution is 2.15. The summed E-state index contributed by atoms with van der Waals surface area (Å²) >= 11 is 0. The summed E-state index contributed by atoms with van der Waals surface area (Å²) in [6.45, 7) is 6.29. The van der Waals surface area contributed by atoms with Gasteiger partial charge in [0.15, 0.2) is 5.43 Å². The number of carbonyl (C=O) groups is 1. The zero-order valence-electron chi connectivity index (χ0n) is 16.0. The van der Waals surface area contributed by atoms with Crippen molar-refractivity contribution >= 4 is 11.6 Å². The van der Waals surface area contributed by atoms with E-state index < -0.39 is 0 Å². The zero-order valence-corrected chi connectivity index (χ0v) is 16.0. The van der Waals surface area contributed by atoms with Gasteiger partial charge in [-0.1, -0.05) is 48.5 Å². The first-order chi connectivity index (χ1) is 13.0. The molecule has 0 aliphatic rings. The Labute approximate surface area is 159 Å². The van der Waals surface area contributed by atoms with Crippen LogP contribution in [0.1, 0.15) is 32.9 Å². The zero-order chi connectivity index (χ0) is 19.4. The number of hydrogen-bond acceptors (Lipinski definition) is 2. The summed E-state index contributed by atoms with van der Waals surface area (Å²) in [7, 11) is 0. The molecule has 0 saturated heterocycles. The molecule has 0 fully saturated rings. The van der Waals surface area contributed by atoms with Crippen molar-refractivity contribution in [2.24, 2.45) is 0 Å². The van der Waals surface area contributed by atoms with Crippen molar-refractivity contribution < 1.29 is 4.79 Å². The van der Waals surface area contributed by atoms with Gasteiger partial charge in [0, 0.05) is 29.2 Å². The lowest BCUT2D eigenvalue weighted by molar-refractivity contribution is 0.102. The number of carbonyl (C=O) groups excluding carboxylic acids is 1. The number of nitrogens with one attached hydrogen (secondary N) is 1. The maximum Gasteiger partial charge on any atom is 0.261 e. The molecule has 0 aliphatic heterocycles. The third-order valence-corrected chi connectivity index (χ3v) is 5.01. The predicted molar refractivity (Wildman–Crippen MR) is 109 cm³/mol. The second-order valence-corrected chi connectivity index (χ2v) is 6.71. The van der Waals surface area contributed by atoms with Crippen molar-refractivity contribution in [3.8, 4) is 0 Å². The Morgan fingerprint density at radius 1 is 0.889 bits per heavy atom. The Kier molecular flexibility index (Phi) is 5.55. The smallest absolute Gasteiger partial charge is 0.261 e. The minimum Gasteiger partial charge on any atom is -0.347 e. The molecule has 0 unspecified atom stereocenters. The van der Waals surface area contributed by atoms with Gasteiger partial charge in [0.25, 0.3) is 5.91 Å². The molecule has 0 atom stereocenters. The molecular weight excluding hydrogens is 336 g/mol. The largest absolute Gasteiger partial charge is 0.347 e. The minimum absolute atomic E-state index is 0.200. The highest BCUT2D eigenvalue weighted by atomic mass is 16.2. The molecular formula is C23H24N2O2. The predicted octanol–water partition coefficient (Wildman–Crippen LogP) is 4.27. The molecule has 1 aromatic heterocycles. The summed E-state index contributed by atoms with van der Waals surface area (Å²) in [6, 6.07) is 19.4. The van der Waals surface area contributed by atoms with Gasteiger partial charge in [0.05, 0.1) is 0 Å². The number of aromatic nitrogens is 1. The van der Waals surface area contributed by atoms with Gasteiger partial charge in [0.1, 0.15) is 5.56 Å². The first-order valence-electron chi connectivity index (χ1n) is 9.10. The molecule has 0 radical (unpaired) electrons. The average Bonchev–Trinajstić information content (AvgIpc) is 2.68. The summed E-state index contributed by atoms with van der Waals surface area (Å²) in [5, 5.41) is 2.84. The van der Waals surface area contributed by atoms with Gasteiger partial charge in [-0.15, -0.1) is 0 Å². The highest BCUT2D eigenvalue weighted by molar-refractivity contribution is 6.05. The van der Waals surface area contributed by atoms with Crippen LogP contribution >= 0.6 is 0 Å². The molecule has 4 nitrogen and oxygen atoms in total. The molecule has 0 saturated carbocycles. The van der Waals surface area contributed by atoms with Crippen molar-refractivity contribution in [3.63, 3.8) is 0 Å². The highest BCUT2D eigenvalue weighted by Gasteiger charge is 2.20. The maximum atomic E-state index is 12.8. The van der Waals surface area contributed by atoms with E-state index in [4.69, 9.17) is 0 Å². The van der Waals surface area contributed by atoms with E-state index >= 15 is 0 Å². The maximum absolute atomic E-state index is 12.8. The fourth-order valence-corrected chi connectivity index (χ4v) is 3.31. The molecule has 27 heavy (non-hydrogen) atoms. The fraction of sp³-hybridized carbons (Fsp3) is 0.217. The van der Waals surface area contributed by atoms with Crippen LogP contribution < -0.4 is 10.7 Å². The van der Waals surface area contributed by atoms with Crippen LogP contribution in [0.15, 0.2) is 65.5 Å². The first kappa shape index (κ1) is 18.6. The topological polar surface area (TPSA) is 51.1 Å². The van der Waals surface area contributed by atoms with Crippen molar-refractivity contribution in [2.75, 3.05) is 5.32 Å². The minimum atomic E-state index is -0.361. The summed E-state index contributed by atoms with van der Waals surface area (Å²) in [6.07, 6.45) is 0.838. The van der Waals surface area contributed by atoms with E-state index in [9.17, 15) is 9.59 Å². The second-order valence-electron chi connectivity index (χ2n) is 6.71. The van der Waals surface area contributed by atoms with E-state index in [1.165, 1.54) is 5.56 Å². The number of anilines is 1. The molecule has 138 valence electrons. The molecule has 1 heterocycles. The molecule has 1 amide bonds. The number of aryl methyl sites for hydroxylation is 1. The van der Waals surface area contributed by atoms with Crippen molar-refractivity contribution in [3.05, 3.63) is 99.0 Å². The van der Waals surface area contributed by atoms with Gasteiger partial charge < -0.3 is 9.88 Å². The monoisotopic (exact) mass is 360 g/mol. The molecule has 0 bridgehead atoms. The summed E-state index contributed by atoms with van der Waals surface area (Å²) in [4.78, 5) is 25.6. The number of pyridine rings is 1. The van der Waals surface area contributed by atoms with Crippen molar-refractivity contribution in [2.45, 2.75) is 33.7 Å². The third kappa shape index (κ3) is 4.00. The molecule has 0 aliphatic carbocycles. The molecule has 0 spiro atoms. The molecule has 4 heteroatoms. The van der Waals surface area contributed by atoms with Crippen LogP contribution in [-0.4, -0.2) is 10.5 Å². The number of benzene rings is 2. The average molecular weight is 360 g/mol. The van der Waals surface area contributed by atoms with Crippen LogP contribution in [0.2, 0.25) is 0 Å². The molecule has 2 aromatic carbocycles. The summed E-state index contributed by atoms with van der Waals surface area (Å²) < 4.78 is 2.07. The van der Waals surface area contributed by atoms with E-state index in [0.29, 0.717) is 23.5 Å². The number of nitrogens with zero attached hydrogens (tertiary/aromatic N) is 1. The van der Waals surface area contributed by atoms with E-state index in [0.717, 1.165) is 12.1 Å². The van der Waals surface area contributed by atoms with Gasteiger partial charge in [-0.2, -0.15) is 0 Å². The van der Waals surface area contributed by atoms with Gasteiger partial charge in [-0.05, 0) is 44.9 Å². The van der Waals surface area contributed by atoms with Gasteiger partial charge in [-0.25, -0.2) is 0 Å². The normalized spacial score (nSPS) is 10.6. The van der Waals surface area contributed by atoms with Gasteiger partial charge in [-0.3, -0.25) is 9.59 Å². The second kappa shape index (κ2) is 8.04. The van der Waals surface area contributed by atoms with Gasteiger partial charge >= 0.3 is 0 Å². The Hall–Kier alpha value is -3.14. The Morgan fingerprint density at radius 3 is 2.11 bits per heavy atom. The van der Waals surface area contributed by atoms with Crippen molar-refractivity contribution in [1.82, 2.24) is 4.57 Å². The lowest BCUT2D eigenvalue weighted by atomic mass is 10.0. The summed E-state index contributed by atoms with van der Waals surface area (Å²) in [5.74, 6) is -0.361. The van der Waals surface area contributed by atoms with Crippen LogP contribution in [0.25, 0.3) is 0 Å². The Bertz CT molecular complexity index is 1010. The fourth-order valence-electron chi connectivity index (χ4n) is 3.31. The van der Waals surface area contributed by atoms with Crippen LogP contribution in [0.3, 0.4) is 0 Å².